The zero-order valence-corrected chi connectivity index (χ0v) is 18.1. The zero-order valence-electron chi connectivity index (χ0n) is 18.1. The second kappa shape index (κ2) is 9.17. The van der Waals surface area contributed by atoms with Gasteiger partial charge in [0.2, 0.25) is 0 Å². The Morgan fingerprint density at radius 3 is 2.29 bits per heavy atom. The Hall–Kier alpha value is -3.40. The monoisotopic (exact) mass is 412 g/mol. The lowest BCUT2D eigenvalue weighted by molar-refractivity contribution is 0.302. The molecule has 1 heterocycles. The maximum absolute atomic E-state index is 12.5. The lowest BCUT2D eigenvalue weighted by atomic mass is 9.78. The lowest BCUT2D eigenvalue weighted by Gasteiger charge is -2.26. The molecule has 31 heavy (non-hydrogen) atoms. The Balaban J connectivity index is 1.29. The molecule has 1 aromatic heterocycles. The molecule has 0 aliphatic carbocycles. The van der Waals surface area contributed by atoms with E-state index in [1.54, 1.807) is 10.9 Å². The largest absolute Gasteiger partial charge is 0.494 e. The number of para-hydroxylation sites is 1. The molecule has 4 nitrogen and oxygen atoms in total. The van der Waals surface area contributed by atoms with Crippen LogP contribution in [0.3, 0.4) is 0 Å². The number of ether oxygens (including phenoxy) is 1. The second-order valence-electron chi connectivity index (χ2n) is 8.33. The van der Waals surface area contributed by atoms with Crippen LogP contribution < -0.4 is 10.3 Å². The van der Waals surface area contributed by atoms with Gasteiger partial charge in [-0.15, -0.1) is 0 Å². The minimum absolute atomic E-state index is 0.0168. The van der Waals surface area contributed by atoms with Gasteiger partial charge in [-0.3, -0.25) is 9.36 Å². The van der Waals surface area contributed by atoms with Gasteiger partial charge in [-0.25, -0.2) is 4.98 Å². The zero-order chi connectivity index (χ0) is 21.7. The Labute approximate surface area is 183 Å². The van der Waals surface area contributed by atoms with Crippen molar-refractivity contribution in [3.8, 4) is 5.75 Å². The highest BCUT2D eigenvalue weighted by Gasteiger charge is 2.22. The third kappa shape index (κ3) is 4.69. The maximum Gasteiger partial charge on any atom is 0.261 e. The summed E-state index contributed by atoms with van der Waals surface area (Å²) < 4.78 is 7.60. The fraction of sp³-hybridized carbons (Fsp3) is 0.259. The highest BCUT2D eigenvalue weighted by atomic mass is 16.5. The van der Waals surface area contributed by atoms with Crippen LogP contribution in [0.25, 0.3) is 10.9 Å². The van der Waals surface area contributed by atoms with Crippen molar-refractivity contribution in [2.24, 2.45) is 0 Å². The smallest absolute Gasteiger partial charge is 0.261 e. The van der Waals surface area contributed by atoms with Gasteiger partial charge in [0.15, 0.2) is 0 Å². The Kier molecular flexibility index (Phi) is 6.17. The molecule has 0 bridgehead atoms. The summed E-state index contributed by atoms with van der Waals surface area (Å²) in [6, 6.07) is 26.4. The van der Waals surface area contributed by atoms with Crippen molar-refractivity contribution >= 4 is 10.9 Å². The predicted octanol–water partition coefficient (Wildman–Crippen LogP) is 5.58. The summed E-state index contributed by atoms with van der Waals surface area (Å²) in [6.07, 6.45) is 3.37. The van der Waals surface area contributed by atoms with Crippen LogP contribution in [0.2, 0.25) is 0 Å². The molecule has 3 aromatic carbocycles. The number of hydrogen-bond acceptors (Lipinski definition) is 3. The molecule has 4 rings (SSSR count). The summed E-state index contributed by atoms with van der Waals surface area (Å²) in [5, 5.41) is 0.666. The molecule has 0 saturated heterocycles. The molecule has 0 radical (unpaired) electrons. The fourth-order valence-electron chi connectivity index (χ4n) is 3.83. The van der Waals surface area contributed by atoms with Crippen LogP contribution in [0.15, 0.2) is 90.0 Å². The van der Waals surface area contributed by atoms with E-state index in [2.05, 4.69) is 55.2 Å². The first kappa shape index (κ1) is 20.9. The van der Waals surface area contributed by atoms with Crippen LogP contribution in [-0.2, 0) is 12.0 Å². The third-order valence-electron chi connectivity index (χ3n) is 5.87. The van der Waals surface area contributed by atoms with Crippen molar-refractivity contribution in [3.05, 3.63) is 107 Å². The molecule has 0 fully saturated rings. The number of aryl methyl sites for hydroxylation is 1. The second-order valence-corrected chi connectivity index (χ2v) is 8.33. The molecule has 0 spiro atoms. The van der Waals surface area contributed by atoms with Crippen LogP contribution in [0.1, 0.15) is 37.8 Å². The topological polar surface area (TPSA) is 44.1 Å². The van der Waals surface area contributed by atoms with Crippen LogP contribution in [0, 0.1) is 0 Å². The molecule has 0 amide bonds. The van der Waals surface area contributed by atoms with E-state index in [0.717, 1.165) is 24.1 Å². The highest BCUT2D eigenvalue weighted by Crippen LogP contribution is 2.32. The minimum atomic E-state index is -0.0546. The number of nitrogens with zero attached hydrogens (tertiary/aromatic N) is 2. The molecule has 0 unspecified atom stereocenters. The number of benzene rings is 3. The van der Waals surface area contributed by atoms with Crippen LogP contribution in [0.4, 0.5) is 0 Å². The molecule has 0 aliphatic rings. The van der Waals surface area contributed by atoms with Gasteiger partial charge in [0.1, 0.15) is 5.75 Å². The molecule has 0 aliphatic heterocycles. The molecule has 4 heteroatoms. The van der Waals surface area contributed by atoms with Crippen molar-refractivity contribution < 1.29 is 4.74 Å². The molecule has 0 atom stereocenters. The summed E-state index contributed by atoms with van der Waals surface area (Å²) in [7, 11) is 0. The number of hydrogen-bond donors (Lipinski definition) is 0. The molecular formula is C27H28N2O2. The van der Waals surface area contributed by atoms with E-state index in [0.29, 0.717) is 18.5 Å². The van der Waals surface area contributed by atoms with Crippen molar-refractivity contribution in [2.45, 2.75) is 38.6 Å². The first-order valence-electron chi connectivity index (χ1n) is 10.8. The van der Waals surface area contributed by atoms with Crippen molar-refractivity contribution in [1.82, 2.24) is 9.55 Å². The lowest BCUT2D eigenvalue weighted by Crippen LogP contribution is -2.20. The Morgan fingerprint density at radius 1 is 0.839 bits per heavy atom. The van der Waals surface area contributed by atoms with Gasteiger partial charge < -0.3 is 4.74 Å². The summed E-state index contributed by atoms with van der Waals surface area (Å²) in [5.74, 6) is 0.872. The van der Waals surface area contributed by atoms with Crippen LogP contribution >= 0.6 is 0 Å². The van der Waals surface area contributed by atoms with Gasteiger partial charge >= 0.3 is 0 Å². The summed E-state index contributed by atoms with van der Waals surface area (Å²) in [5.41, 5.74) is 3.26. The van der Waals surface area contributed by atoms with E-state index in [-0.39, 0.29) is 11.0 Å². The normalized spacial score (nSPS) is 11.5. The van der Waals surface area contributed by atoms with Crippen molar-refractivity contribution in [1.29, 1.82) is 0 Å². The Morgan fingerprint density at radius 2 is 1.52 bits per heavy atom. The summed E-state index contributed by atoms with van der Waals surface area (Å²) in [6.45, 7) is 5.74. The average molecular weight is 413 g/mol. The number of aromatic nitrogens is 2. The quantitative estimate of drug-likeness (QED) is 0.355. The standard InChI is InChI=1S/C27H28N2O2/c1-27(2,21-10-4-3-5-11-21)22-14-16-23(17-15-22)31-19-9-8-18-29-20-28-25-13-7-6-12-24(25)26(29)30/h3-7,10-17,20H,8-9,18-19H2,1-2H3. The number of rotatable bonds is 8. The number of fused-ring (bicyclic) bond motifs is 1. The Bertz CT molecular complexity index is 1200. The van der Waals surface area contributed by atoms with E-state index in [1.807, 2.05) is 42.5 Å². The van der Waals surface area contributed by atoms with Crippen molar-refractivity contribution in [2.75, 3.05) is 6.61 Å². The van der Waals surface area contributed by atoms with Gasteiger partial charge in [-0.05, 0) is 48.2 Å². The third-order valence-corrected chi connectivity index (χ3v) is 5.87. The van der Waals surface area contributed by atoms with Crippen molar-refractivity contribution in [3.63, 3.8) is 0 Å². The van der Waals surface area contributed by atoms with E-state index in [1.165, 1.54) is 11.1 Å². The number of unbranched alkanes of at least 4 members (excludes halogenated alkanes) is 1. The van der Waals surface area contributed by atoms with E-state index < -0.39 is 0 Å². The highest BCUT2D eigenvalue weighted by molar-refractivity contribution is 5.76. The van der Waals surface area contributed by atoms with E-state index in [4.69, 9.17) is 4.74 Å². The SMILES string of the molecule is CC(C)(c1ccccc1)c1ccc(OCCCCn2cnc3ccccc3c2=O)cc1. The van der Waals surface area contributed by atoms with Gasteiger partial charge in [-0.2, -0.15) is 0 Å². The van der Waals surface area contributed by atoms with E-state index in [9.17, 15) is 4.79 Å². The molecule has 4 aromatic rings. The summed E-state index contributed by atoms with van der Waals surface area (Å²) in [4.78, 5) is 16.9. The van der Waals surface area contributed by atoms with Gasteiger partial charge in [0, 0.05) is 12.0 Å². The first-order chi connectivity index (χ1) is 15.1. The van der Waals surface area contributed by atoms with Gasteiger partial charge in [0.25, 0.3) is 5.56 Å². The predicted molar refractivity (Wildman–Crippen MR) is 126 cm³/mol. The van der Waals surface area contributed by atoms with Gasteiger partial charge in [0.05, 0.1) is 23.8 Å². The minimum Gasteiger partial charge on any atom is -0.494 e. The molecule has 0 saturated carbocycles. The molecular weight excluding hydrogens is 384 g/mol. The first-order valence-corrected chi connectivity index (χ1v) is 10.8. The van der Waals surface area contributed by atoms with Crippen LogP contribution in [-0.4, -0.2) is 16.2 Å². The maximum atomic E-state index is 12.5. The summed E-state index contributed by atoms with van der Waals surface area (Å²) >= 11 is 0. The molecule has 158 valence electrons. The molecule has 0 N–H and O–H groups in total. The van der Waals surface area contributed by atoms with Crippen LogP contribution in [0.5, 0.6) is 5.75 Å². The van der Waals surface area contributed by atoms with Gasteiger partial charge in [-0.1, -0.05) is 68.4 Å². The fourth-order valence-corrected chi connectivity index (χ4v) is 3.83. The van der Waals surface area contributed by atoms with E-state index >= 15 is 0 Å². The average Bonchev–Trinajstić information content (AvgIpc) is 2.81.